The first-order valence-electron chi connectivity index (χ1n) is 8.24. The molecule has 2 aromatic rings. The molecule has 1 aliphatic rings. The lowest BCUT2D eigenvalue weighted by molar-refractivity contribution is -0.140. The van der Waals surface area contributed by atoms with Gasteiger partial charge in [-0.1, -0.05) is 29.8 Å². The summed E-state index contributed by atoms with van der Waals surface area (Å²) in [5.41, 5.74) is 3.48. The van der Waals surface area contributed by atoms with Crippen LogP contribution in [0.3, 0.4) is 0 Å². The predicted molar refractivity (Wildman–Crippen MR) is 95.2 cm³/mol. The van der Waals surface area contributed by atoms with Crippen molar-refractivity contribution >= 4 is 17.2 Å². The van der Waals surface area contributed by atoms with Crippen molar-refractivity contribution in [3.05, 3.63) is 57.8 Å². The molecule has 0 saturated carbocycles. The van der Waals surface area contributed by atoms with Crippen molar-refractivity contribution in [3.8, 4) is 0 Å². The minimum absolute atomic E-state index is 0.0463. The second-order valence-corrected chi connectivity index (χ2v) is 6.93. The monoisotopic (exact) mass is 345 g/mol. The molecule has 5 heteroatoms. The summed E-state index contributed by atoms with van der Waals surface area (Å²) in [6, 6.07) is 10.3. The van der Waals surface area contributed by atoms with Crippen molar-refractivity contribution in [2.45, 2.75) is 26.1 Å². The van der Waals surface area contributed by atoms with E-state index in [2.05, 4.69) is 25.1 Å². The molecule has 4 nitrogen and oxygen atoms in total. The Hall–Kier alpha value is -1.69. The second kappa shape index (κ2) is 8.42. The van der Waals surface area contributed by atoms with Gasteiger partial charge in [0.1, 0.15) is 0 Å². The fourth-order valence-electron chi connectivity index (χ4n) is 2.84. The van der Waals surface area contributed by atoms with Crippen molar-refractivity contribution in [3.63, 3.8) is 0 Å². The fraction of sp³-hybridized carbons (Fsp3) is 0.421. The summed E-state index contributed by atoms with van der Waals surface area (Å²) in [7, 11) is 0. The molecule has 128 valence electrons. The van der Waals surface area contributed by atoms with Gasteiger partial charge in [-0.05, 0) is 34.9 Å². The Balaban J connectivity index is 1.44. The van der Waals surface area contributed by atoms with Gasteiger partial charge >= 0.3 is 0 Å². The number of amides is 1. The lowest BCUT2D eigenvalue weighted by atomic mass is 10.1. The summed E-state index contributed by atoms with van der Waals surface area (Å²) >= 11 is 1.62. The molecule has 0 bridgehead atoms. The van der Waals surface area contributed by atoms with Gasteiger partial charge in [0, 0.05) is 13.1 Å². The molecule has 1 atom stereocenters. The van der Waals surface area contributed by atoms with Crippen LogP contribution in [0.2, 0.25) is 0 Å². The van der Waals surface area contributed by atoms with Crippen LogP contribution in [0.4, 0.5) is 0 Å². The summed E-state index contributed by atoms with van der Waals surface area (Å²) < 4.78 is 11.5. The molecule has 24 heavy (non-hydrogen) atoms. The van der Waals surface area contributed by atoms with Crippen LogP contribution >= 0.6 is 11.3 Å². The van der Waals surface area contributed by atoms with E-state index < -0.39 is 0 Å². The van der Waals surface area contributed by atoms with E-state index in [9.17, 15) is 4.79 Å². The van der Waals surface area contributed by atoms with Gasteiger partial charge in [-0.3, -0.25) is 4.79 Å². The fourth-order valence-corrected chi connectivity index (χ4v) is 3.51. The van der Waals surface area contributed by atoms with Crippen molar-refractivity contribution in [1.82, 2.24) is 4.90 Å². The standard InChI is InChI=1S/C19H23NO3S/c1-15-3-2-4-16(9-15)12-22-13-18-11-20(6-7-23-18)19(21)10-17-5-8-24-14-17/h2-5,8-9,14,18H,6-7,10-13H2,1H3. The highest BCUT2D eigenvalue weighted by Crippen LogP contribution is 2.12. The van der Waals surface area contributed by atoms with Crippen LogP contribution in [0.15, 0.2) is 41.1 Å². The lowest BCUT2D eigenvalue weighted by Crippen LogP contribution is -2.47. The number of hydrogen-bond acceptors (Lipinski definition) is 4. The highest BCUT2D eigenvalue weighted by Gasteiger charge is 2.24. The molecule has 1 aromatic heterocycles. The molecule has 0 spiro atoms. The Labute approximate surface area is 147 Å². The molecule has 3 rings (SSSR count). The van der Waals surface area contributed by atoms with E-state index in [1.54, 1.807) is 11.3 Å². The molecular formula is C19H23NO3S. The van der Waals surface area contributed by atoms with Crippen LogP contribution in [0.1, 0.15) is 16.7 Å². The normalized spacial score (nSPS) is 17.9. The highest BCUT2D eigenvalue weighted by molar-refractivity contribution is 7.07. The summed E-state index contributed by atoms with van der Waals surface area (Å²) in [6.07, 6.45) is 0.426. The number of nitrogens with zero attached hydrogens (tertiary/aromatic N) is 1. The van der Waals surface area contributed by atoms with Gasteiger partial charge in [-0.15, -0.1) is 0 Å². The third kappa shape index (κ3) is 4.90. The van der Waals surface area contributed by atoms with E-state index in [1.807, 2.05) is 27.8 Å². The topological polar surface area (TPSA) is 38.8 Å². The molecule has 0 radical (unpaired) electrons. The van der Waals surface area contributed by atoms with Crippen LogP contribution in [-0.4, -0.2) is 43.2 Å². The van der Waals surface area contributed by atoms with Crippen LogP contribution in [0.5, 0.6) is 0 Å². The maximum atomic E-state index is 12.4. The van der Waals surface area contributed by atoms with E-state index >= 15 is 0 Å². The van der Waals surface area contributed by atoms with E-state index in [-0.39, 0.29) is 12.0 Å². The van der Waals surface area contributed by atoms with E-state index in [0.29, 0.717) is 39.3 Å². The lowest BCUT2D eigenvalue weighted by Gasteiger charge is -2.33. The van der Waals surface area contributed by atoms with Crippen molar-refractivity contribution in [2.24, 2.45) is 0 Å². The zero-order chi connectivity index (χ0) is 16.8. The summed E-state index contributed by atoms with van der Waals surface area (Å²) in [6.45, 7) is 5.01. The third-order valence-corrected chi connectivity index (χ3v) is 4.81. The zero-order valence-electron chi connectivity index (χ0n) is 13.9. The quantitative estimate of drug-likeness (QED) is 0.808. The highest BCUT2D eigenvalue weighted by atomic mass is 32.1. The predicted octanol–water partition coefficient (Wildman–Crippen LogP) is 3.04. The van der Waals surface area contributed by atoms with Crippen LogP contribution in [0, 0.1) is 6.92 Å². The first-order valence-corrected chi connectivity index (χ1v) is 9.19. The zero-order valence-corrected chi connectivity index (χ0v) is 14.8. The van der Waals surface area contributed by atoms with Gasteiger partial charge < -0.3 is 14.4 Å². The van der Waals surface area contributed by atoms with Crippen LogP contribution in [-0.2, 0) is 27.3 Å². The molecule has 1 aliphatic heterocycles. The molecule has 0 N–H and O–H groups in total. The molecule has 1 unspecified atom stereocenters. The van der Waals surface area contributed by atoms with E-state index in [1.165, 1.54) is 5.56 Å². The molecule has 1 saturated heterocycles. The van der Waals surface area contributed by atoms with Gasteiger partial charge in [-0.25, -0.2) is 0 Å². The average molecular weight is 345 g/mol. The SMILES string of the molecule is Cc1cccc(COCC2CN(C(=O)Cc3ccsc3)CCO2)c1. The minimum Gasteiger partial charge on any atom is -0.374 e. The first kappa shape index (κ1) is 17.1. The van der Waals surface area contributed by atoms with Gasteiger partial charge in [-0.2, -0.15) is 11.3 Å². The average Bonchev–Trinajstić information content (AvgIpc) is 3.08. The van der Waals surface area contributed by atoms with Crippen molar-refractivity contribution in [1.29, 1.82) is 0 Å². The number of carbonyl (C=O) groups excluding carboxylic acids is 1. The van der Waals surface area contributed by atoms with Gasteiger partial charge in [0.25, 0.3) is 0 Å². The molecule has 2 heterocycles. The number of carbonyl (C=O) groups is 1. The Morgan fingerprint density at radius 2 is 2.29 bits per heavy atom. The summed E-state index contributed by atoms with van der Waals surface area (Å²) in [4.78, 5) is 14.3. The first-order chi connectivity index (χ1) is 11.7. The summed E-state index contributed by atoms with van der Waals surface area (Å²) in [5, 5.41) is 4.03. The minimum atomic E-state index is -0.0463. The summed E-state index contributed by atoms with van der Waals surface area (Å²) in [5.74, 6) is 0.167. The maximum Gasteiger partial charge on any atom is 0.227 e. The van der Waals surface area contributed by atoms with Crippen molar-refractivity contribution in [2.75, 3.05) is 26.3 Å². The smallest absolute Gasteiger partial charge is 0.227 e. The van der Waals surface area contributed by atoms with Crippen molar-refractivity contribution < 1.29 is 14.3 Å². The Kier molecular flexibility index (Phi) is 6.01. The number of morpholine rings is 1. The molecule has 1 aromatic carbocycles. The number of ether oxygens (including phenoxy) is 2. The van der Waals surface area contributed by atoms with Crippen LogP contribution < -0.4 is 0 Å². The number of thiophene rings is 1. The molecule has 1 fully saturated rings. The number of benzene rings is 1. The Morgan fingerprint density at radius 1 is 1.38 bits per heavy atom. The number of hydrogen-bond donors (Lipinski definition) is 0. The van der Waals surface area contributed by atoms with Crippen LogP contribution in [0.25, 0.3) is 0 Å². The van der Waals surface area contributed by atoms with Gasteiger partial charge in [0.2, 0.25) is 5.91 Å². The number of aryl methyl sites for hydroxylation is 1. The van der Waals surface area contributed by atoms with E-state index in [0.717, 1.165) is 11.1 Å². The number of rotatable bonds is 6. The third-order valence-electron chi connectivity index (χ3n) is 4.08. The molecule has 1 amide bonds. The van der Waals surface area contributed by atoms with E-state index in [4.69, 9.17) is 9.47 Å². The van der Waals surface area contributed by atoms with Gasteiger partial charge in [0.15, 0.2) is 0 Å². The largest absolute Gasteiger partial charge is 0.374 e. The Morgan fingerprint density at radius 3 is 3.08 bits per heavy atom. The molecular weight excluding hydrogens is 322 g/mol. The molecule has 0 aliphatic carbocycles. The Bertz CT molecular complexity index is 656. The maximum absolute atomic E-state index is 12.4. The second-order valence-electron chi connectivity index (χ2n) is 6.15. The van der Waals surface area contributed by atoms with Gasteiger partial charge in [0.05, 0.1) is 32.3 Å².